The van der Waals surface area contributed by atoms with E-state index in [4.69, 9.17) is 18.4 Å². The van der Waals surface area contributed by atoms with Crippen LogP contribution < -0.4 is 11.1 Å². The molecule has 1 aliphatic rings. The number of rotatable bonds is 9. The third-order valence-corrected chi connectivity index (χ3v) is 7.56. The fourth-order valence-corrected chi connectivity index (χ4v) is 5.18. The van der Waals surface area contributed by atoms with E-state index in [1.807, 2.05) is 54.7 Å². The molecule has 5 rings (SSSR count). The number of allylic oxidation sites excluding steroid dienone is 8. The molecule has 0 aliphatic heterocycles. The molecule has 1 aliphatic carbocycles. The van der Waals surface area contributed by atoms with E-state index in [9.17, 15) is 0 Å². The number of nitrogens with one attached hydrogen (secondary N) is 1. The fourth-order valence-electron chi connectivity index (χ4n) is 4.90. The lowest BCUT2D eigenvalue weighted by molar-refractivity contribution is 0.655. The summed E-state index contributed by atoms with van der Waals surface area (Å²) < 4.78 is 0. The third-order valence-electron chi connectivity index (χ3n) is 7.17. The highest BCUT2D eigenvalue weighted by atomic mass is 32.1. The van der Waals surface area contributed by atoms with Crippen molar-refractivity contribution in [2.75, 3.05) is 0 Å². The minimum Gasteiger partial charge on any atom is -0.372 e. The Morgan fingerprint density at radius 2 is 1.55 bits per heavy atom. The van der Waals surface area contributed by atoms with Gasteiger partial charge in [0.25, 0.3) is 0 Å². The van der Waals surface area contributed by atoms with E-state index in [-0.39, 0.29) is 6.17 Å². The lowest BCUT2D eigenvalue weighted by Crippen LogP contribution is -2.24. The Bertz CT molecular complexity index is 1580. The zero-order valence-electron chi connectivity index (χ0n) is 22.4. The van der Waals surface area contributed by atoms with Crippen LogP contribution in [0.2, 0.25) is 0 Å². The van der Waals surface area contributed by atoms with E-state index in [0.717, 1.165) is 39.2 Å². The summed E-state index contributed by atoms with van der Waals surface area (Å²) in [5, 5.41) is 3.41. The smallest absolute Gasteiger partial charge is 0.100 e. The Morgan fingerprint density at radius 1 is 0.850 bits per heavy atom. The van der Waals surface area contributed by atoms with Crippen molar-refractivity contribution in [3.05, 3.63) is 180 Å². The minimum atomic E-state index is -0.375. The van der Waals surface area contributed by atoms with Gasteiger partial charge in [0.15, 0.2) is 0 Å². The maximum atomic E-state index is 6.62. The largest absolute Gasteiger partial charge is 0.372 e. The van der Waals surface area contributed by atoms with Crippen LogP contribution in [-0.4, -0.2) is 0 Å². The van der Waals surface area contributed by atoms with E-state index < -0.39 is 0 Å². The summed E-state index contributed by atoms with van der Waals surface area (Å²) in [7, 11) is 0. The molecule has 4 aromatic rings. The molecule has 2 atom stereocenters. The van der Waals surface area contributed by atoms with Gasteiger partial charge in [-0.05, 0) is 63.1 Å². The van der Waals surface area contributed by atoms with Gasteiger partial charge >= 0.3 is 0 Å². The molecule has 0 saturated carbocycles. The van der Waals surface area contributed by atoms with Crippen molar-refractivity contribution in [3.63, 3.8) is 0 Å². The first-order valence-corrected chi connectivity index (χ1v) is 14.0. The van der Waals surface area contributed by atoms with Crippen molar-refractivity contribution in [1.82, 2.24) is 5.32 Å². The predicted octanol–water partition coefficient (Wildman–Crippen LogP) is 9.01. The maximum Gasteiger partial charge on any atom is 0.100 e. The second kappa shape index (κ2) is 13.2. The normalized spacial score (nSPS) is 16.0. The van der Waals surface area contributed by atoms with E-state index in [0.29, 0.717) is 5.92 Å². The molecule has 4 aromatic carbocycles. The molecule has 0 saturated heterocycles. The van der Waals surface area contributed by atoms with Crippen molar-refractivity contribution in [2.24, 2.45) is 5.73 Å². The molecule has 2 nitrogen and oxygen atoms in total. The molecule has 198 valence electrons. The molecule has 40 heavy (non-hydrogen) atoms. The molecule has 3 N–H and O–H groups in total. The van der Waals surface area contributed by atoms with Gasteiger partial charge in [-0.2, -0.15) is 0 Å². The first-order chi connectivity index (χ1) is 19.6. The topological polar surface area (TPSA) is 38.0 Å². The van der Waals surface area contributed by atoms with Crippen LogP contribution in [0.1, 0.15) is 35.2 Å². The zero-order chi connectivity index (χ0) is 27.7. The highest BCUT2D eigenvalue weighted by molar-refractivity contribution is 7.80. The Hall–Kier alpha value is -4.31. The lowest BCUT2D eigenvalue weighted by atomic mass is 9.85. The van der Waals surface area contributed by atoms with Crippen molar-refractivity contribution in [1.29, 1.82) is 0 Å². The summed E-state index contributed by atoms with van der Waals surface area (Å²) in [5.74, 6) is 0.353. The molecule has 0 radical (unpaired) electrons. The van der Waals surface area contributed by atoms with Crippen LogP contribution in [0.4, 0.5) is 0 Å². The maximum absolute atomic E-state index is 6.62. The second-order valence-electron chi connectivity index (χ2n) is 9.91. The molecule has 0 amide bonds. The van der Waals surface area contributed by atoms with E-state index in [2.05, 4.69) is 103 Å². The van der Waals surface area contributed by atoms with Crippen LogP contribution in [0.25, 0.3) is 16.7 Å². The van der Waals surface area contributed by atoms with Crippen LogP contribution >= 0.6 is 12.6 Å². The van der Waals surface area contributed by atoms with Crippen LogP contribution in [0, 0.1) is 0 Å². The van der Waals surface area contributed by atoms with Crippen LogP contribution in [0.3, 0.4) is 0 Å². The molecule has 0 bridgehead atoms. The summed E-state index contributed by atoms with van der Waals surface area (Å²) in [6.45, 7) is 4.40. The quantitative estimate of drug-likeness (QED) is 0.113. The van der Waals surface area contributed by atoms with Crippen molar-refractivity contribution < 1.29 is 0 Å². The minimum absolute atomic E-state index is 0.353. The van der Waals surface area contributed by atoms with Crippen molar-refractivity contribution in [3.8, 4) is 11.1 Å². The van der Waals surface area contributed by atoms with Gasteiger partial charge in [0, 0.05) is 17.0 Å². The second-order valence-corrected chi connectivity index (χ2v) is 10.4. The molecule has 0 heterocycles. The number of hydrogen-bond donors (Lipinski definition) is 3. The number of benzene rings is 4. The van der Waals surface area contributed by atoms with E-state index in [1.165, 1.54) is 16.7 Å². The summed E-state index contributed by atoms with van der Waals surface area (Å²) >= 11 is 4.73. The average molecular weight is 539 g/mol. The summed E-state index contributed by atoms with van der Waals surface area (Å²) in [6.07, 6.45) is 13.3. The summed E-state index contributed by atoms with van der Waals surface area (Å²) in [5.41, 5.74) is 15.5. The SMILES string of the molecule is C=C(/C=C\C(=C/N[C@H](N)c1cccc(-c2ccccc2)c1)c1ccccc1S)C1=CC=CC(c2ccccc2)C1. The third kappa shape index (κ3) is 6.81. The number of hydrogen-bond acceptors (Lipinski definition) is 3. The molecule has 3 heteroatoms. The zero-order valence-corrected chi connectivity index (χ0v) is 23.3. The Morgan fingerprint density at radius 3 is 2.33 bits per heavy atom. The Kier molecular flexibility index (Phi) is 8.97. The molecule has 0 fully saturated rings. The van der Waals surface area contributed by atoms with E-state index >= 15 is 0 Å². The highest BCUT2D eigenvalue weighted by Gasteiger charge is 2.15. The van der Waals surface area contributed by atoms with Crippen molar-refractivity contribution in [2.45, 2.75) is 23.4 Å². The van der Waals surface area contributed by atoms with Gasteiger partial charge in [-0.3, -0.25) is 0 Å². The van der Waals surface area contributed by atoms with Gasteiger partial charge in [-0.1, -0.05) is 134 Å². The van der Waals surface area contributed by atoms with Gasteiger partial charge in [-0.15, -0.1) is 12.6 Å². The average Bonchev–Trinajstić information content (AvgIpc) is 3.02. The summed E-state index contributed by atoms with van der Waals surface area (Å²) in [4.78, 5) is 0.898. The first-order valence-electron chi connectivity index (χ1n) is 13.5. The fraction of sp³-hybridized carbons (Fsp3) is 0.0811. The van der Waals surface area contributed by atoms with Crippen LogP contribution in [0.5, 0.6) is 0 Å². The molecule has 1 unspecified atom stereocenters. The van der Waals surface area contributed by atoms with Gasteiger partial charge < -0.3 is 11.1 Å². The number of thiol groups is 1. The highest BCUT2D eigenvalue weighted by Crippen LogP contribution is 2.32. The molecule has 0 spiro atoms. The Balaban J connectivity index is 1.35. The van der Waals surface area contributed by atoms with Gasteiger partial charge in [-0.25, -0.2) is 0 Å². The van der Waals surface area contributed by atoms with Gasteiger partial charge in [0.2, 0.25) is 0 Å². The molecule has 0 aromatic heterocycles. The molecular formula is C37H34N2S. The number of nitrogens with two attached hydrogens (primary N) is 1. The van der Waals surface area contributed by atoms with Crippen molar-refractivity contribution >= 4 is 18.2 Å². The summed E-state index contributed by atoms with van der Waals surface area (Å²) in [6, 6.07) is 37.4. The molecular weight excluding hydrogens is 504 g/mol. The van der Waals surface area contributed by atoms with Gasteiger partial charge in [0.05, 0.1) is 0 Å². The first kappa shape index (κ1) is 27.3. The monoisotopic (exact) mass is 538 g/mol. The van der Waals surface area contributed by atoms with Crippen LogP contribution in [-0.2, 0) is 0 Å². The lowest BCUT2D eigenvalue weighted by Gasteiger charge is -2.19. The predicted molar refractivity (Wildman–Crippen MR) is 173 cm³/mol. The van der Waals surface area contributed by atoms with Crippen LogP contribution in [0.15, 0.2) is 168 Å². The Labute approximate surface area is 243 Å². The van der Waals surface area contributed by atoms with E-state index in [1.54, 1.807) is 0 Å². The van der Waals surface area contributed by atoms with Gasteiger partial charge in [0.1, 0.15) is 6.17 Å². The standard InChI is InChI=1S/C37H34N2S/c1-27(30-16-10-17-31(24-30)28-12-4-2-5-13-28)22-23-34(35-20-8-9-21-36(35)40)26-39-37(38)33-19-11-18-32(25-33)29-14-6-3-7-15-29/h2-23,25-26,31,37,39-40H,1,24,38H2/b23-22-,34-26+/t31?,37-/m0/s1.